The summed E-state index contributed by atoms with van der Waals surface area (Å²) in [5.74, 6) is 1.01. The Morgan fingerprint density at radius 1 is 1.44 bits per heavy atom. The third-order valence-corrected chi connectivity index (χ3v) is 2.42. The van der Waals surface area contributed by atoms with Crippen LogP contribution in [0.2, 0.25) is 0 Å². The Balaban J connectivity index is 2.12. The summed E-state index contributed by atoms with van der Waals surface area (Å²) in [6.07, 6.45) is 1.59. The van der Waals surface area contributed by atoms with Gasteiger partial charge in [0, 0.05) is 17.8 Å². The van der Waals surface area contributed by atoms with E-state index in [9.17, 15) is 10.1 Å². The predicted octanol–water partition coefficient (Wildman–Crippen LogP) is 2.81. The first-order chi connectivity index (χ1) is 8.70. The predicted molar refractivity (Wildman–Crippen MR) is 65.7 cm³/mol. The molecular formula is C12H12N2O4. The summed E-state index contributed by atoms with van der Waals surface area (Å²) < 4.78 is 10.2. The molecule has 0 amide bonds. The second-order valence-electron chi connectivity index (χ2n) is 3.58. The number of ether oxygens (including phenoxy) is 1. The van der Waals surface area contributed by atoms with Gasteiger partial charge in [-0.25, -0.2) is 0 Å². The molecule has 1 heterocycles. The fourth-order valence-corrected chi connectivity index (χ4v) is 1.54. The lowest BCUT2D eigenvalue weighted by Gasteiger charge is -2.07. The maximum atomic E-state index is 10.7. The summed E-state index contributed by atoms with van der Waals surface area (Å²) in [5, 5.41) is 13.8. The van der Waals surface area contributed by atoms with Gasteiger partial charge in [-0.3, -0.25) is 10.1 Å². The number of nitro benzene ring substituents is 1. The summed E-state index contributed by atoms with van der Waals surface area (Å²) in [5.41, 5.74) is 0.676. The number of benzene rings is 1. The van der Waals surface area contributed by atoms with Gasteiger partial charge in [-0.15, -0.1) is 0 Å². The molecular weight excluding hydrogens is 236 g/mol. The highest BCUT2D eigenvalue weighted by Gasteiger charge is 2.14. The van der Waals surface area contributed by atoms with Crippen LogP contribution in [-0.4, -0.2) is 12.0 Å². The average molecular weight is 248 g/mol. The van der Waals surface area contributed by atoms with Crippen molar-refractivity contribution in [2.24, 2.45) is 0 Å². The molecule has 0 aliphatic carbocycles. The van der Waals surface area contributed by atoms with E-state index in [1.54, 1.807) is 24.5 Å². The number of rotatable bonds is 5. The Labute approximate surface area is 103 Å². The smallest absolute Gasteiger partial charge is 0.311 e. The first-order valence-corrected chi connectivity index (χ1v) is 5.29. The minimum Gasteiger partial charge on any atom is -0.490 e. The first kappa shape index (κ1) is 12.0. The van der Waals surface area contributed by atoms with E-state index < -0.39 is 4.92 Å². The van der Waals surface area contributed by atoms with Crippen molar-refractivity contribution in [2.75, 3.05) is 12.4 Å². The van der Waals surface area contributed by atoms with Crippen molar-refractivity contribution in [3.8, 4) is 5.75 Å². The molecule has 18 heavy (non-hydrogen) atoms. The Morgan fingerprint density at radius 2 is 2.28 bits per heavy atom. The zero-order chi connectivity index (χ0) is 13.0. The maximum Gasteiger partial charge on any atom is 0.311 e. The second kappa shape index (κ2) is 5.22. The molecule has 1 N–H and O–H groups in total. The van der Waals surface area contributed by atoms with Gasteiger partial charge in [-0.2, -0.15) is 0 Å². The molecule has 0 atom stereocenters. The molecule has 2 aromatic rings. The van der Waals surface area contributed by atoms with Crippen LogP contribution in [0.1, 0.15) is 5.76 Å². The van der Waals surface area contributed by atoms with Crippen molar-refractivity contribution >= 4 is 11.4 Å². The Kier molecular flexibility index (Phi) is 3.47. The van der Waals surface area contributed by atoms with Gasteiger partial charge in [-0.1, -0.05) is 0 Å². The molecule has 2 rings (SSSR count). The Hall–Kier alpha value is -2.50. The Bertz CT molecular complexity index is 537. The largest absolute Gasteiger partial charge is 0.490 e. The van der Waals surface area contributed by atoms with E-state index in [2.05, 4.69) is 5.32 Å². The molecule has 0 radical (unpaired) electrons. The minimum atomic E-state index is -0.477. The van der Waals surface area contributed by atoms with Crippen LogP contribution in [-0.2, 0) is 6.54 Å². The van der Waals surface area contributed by atoms with E-state index in [0.717, 1.165) is 11.4 Å². The zero-order valence-electron chi connectivity index (χ0n) is 9.75. The van der Waals surface area contributed by atoms with Gasteiger partial charge in [0.1, 0.15) is 5.76 Å². The second-order valence-corrected chi connectivity index (χ2v) is 3.58. The summed E-state index contributed by atoms with van der Waals surface area (Å²) >= 11 is 0. The fraction of sp³-hybridized carbons (Fsp3) is 0.167. The number of anilines is 1. The third kappa shape index (κ3) is 2.60. The van der Waals surface area contributed by atoms with Crippen LogP contribution in [0.4, 0.5) is 11.4 Å². The van der Waals surface area contributed by atoms with Crippen molar-refractivity contribution in [3.63, 3.8) is 0 Å². The minimum absolute atomic E-state index is 0.0546. The number of furan rings is 1. The molecule has 6 heteroatoms. The molecule has 94 valence electrons. The van der Waals surface area contributed by atoms with Gasteiger partial charge in [0.15, 0.2) is 5.75 Å². The lowest BCUT2D eigenvalue weighted by atomic mass is 10.2. The van der Waals surface area contributed by atoms with Crippen molar-refractivity contribution in [1.29, 1.82) is 0 Å². The van der Waals surface area contributed by atoms with Crippen LogP contribution in [0.3, 0.4) is 0 Å². The Morgan fingerprint density at radius 3 is 2.89 bits per heavy atom. The van der Waals surface area contributed by atoms with E-state index in [1.165, 1.54) is 13.2 Å². The summed E-state index contributed by atoms with van der Waals surface area (Å²) in [4.78, 5) is 10.2. The molecule has 6 nitrogen and oxygen atoms in total. The highest BCUT2D eigenvalue weighted by atomic mass is 16.6. The van der Waals surface area contributed by atoms with Gasteiger partial charge < -0.3 is 14.5 Å². The number of methoxy groups -OCH3 is 1. The van der Waals surface area contributed by atoms with Gasteiger partial charge in [0.2, 0.25) is 0 Å². The van der Waals surface area contributed by atoms with E-state index in [1.807, 2.05) is 6.07 Å². The number of hydrogen-bond acceptors (Lipinski definition) is 5. The quantitative estimate of drug-likeness (QED) is 0.650. The van der Waals surface area contributed by atoms with Crippen molar-refractivity contribution in [3.05, 3.63) is 52.5 Å². The van der Waals surface area contributed by atoms with Crippen molar-refractivity contribution in [1.82, 2.24) is 0 Å². The topological polar surface area (TPSA) is 77.5 Å². The van der Waals surface area contributed by atoms with Crippen LogP contribution < -0.4 is 10.1 Å². The van der Waals surface area contributed by atoms with Gasteiger partial charge in [-0.05, 0) is 18.2 Å². The molecule has 0 unspecified atom stereocenters. The lowest BCUT2D eigenvalue weighted by molar-refractivity contribution is -0.385. The molecule has 0 aliphatic heterocycles. The van der Waals surface area contributed by atoms with E-state index in [0.29, 0.717) is 6.54 Å². The van der Waals surface area contributed by atoms with Gasteiger partial charge >= 0.3 is 5.69 Å². The molecule has 1 aromatic carbocycles. The molecule has 0 saturated heterocycles. The fourth-order valence-electron chi connectivity index (χ4n) is 1.54. The highest BCUT2D eigenvalue weighted by molar-refractivity contribution is 5.57. The number of hydrogen-bond donors (Lipinski definition) is 1. The summed E-state index contributed by atoms with van der Waals surface area (Å²) in [6, 6.07) is 8.26. The summed E-state index contributed by atoms with van der Waals surface area (Å²) in [7, 11) is 1.40. The van der Waals surface area contributed by atoms with Crippen molar-refractivity contribution < 1.29 is 14.1 Å². The highest BCUT2D eigenvalue weighted by Crippen LogP contribution is 2.29. The number of nitrogens with zero attached hydrogens (tertiary/aromatic N) is 1. The van der Waals surface area contributed by atoms with Gasteiger partial charge in [0.25, 0.3) is 0 Å². The van der Waals surface area contributed by atoms with E-state index >= 15 is 0 Å². The van der Waals surface area contributed by atoms with E-state index in [-0.39, 0.29) is 11.4 Å². The molecule has 0 saturated carbocycles. The molecule has 1 aromatic heterocycles. The number of nitrogens with one attached hydrogen (secondary N) is 1. The van der Waals surface area contributed by atoms with Crippen molar-refractivity contribution in [2.45, 2.75) is 6.54 Å². The van der Waals surface area contributed by atoms with Crippen LogP contribution >= 0.6 is 0 Å². The third-order valence-electron chi connectivity index (χ3n) is 2.42. The molecule has 0 fully saturated rings. The molecule has 0 spiro atoms. The molecule has 0 bridgehead atoms. The van der Waals surface area contributed by atoms with Crippen LogP contribution in [0.15, 0.2) is 41.0 Å². The first-order valence-electron chi connectivity index (χ1n) is 5.29. The van der Waals surface area contributed by atoms with Crippen LogP contribution in [0.5, 0.6) is 5.75 Å². The number of nitro groups is 1. The van der Waals surface area contributed by atoms with Crippen LogP contribution in [0.25, 0.3) is 0 Å². The standard InChI is InChI=1S/C12H12N2O4/c1-17-12-7-9(4-5-11(12)14(15)16)13-8-10-3-2-6-18-10/h2-7,13H,8H2,1H3. The monoisotopic (exact) mass is 248 g/mol. The average Bonchev–Trinajstić information content (AvgIpc) is 2.88. The lowest BCUT2D eigenvalue weighted by Crippen LogP contribution is -2.00. The normalized spacial score (nSPS) is 10.1. The SMILES string of the molecule is COc1cc(NCc2ccco2)ccc1[N+](=O)[O-]. The zero-order valence-corrected chi connectivity index (χ0v) is 9.75. The van der Waals surface area contributed by atoms with Gasteiger partial charge in [0.05, 0.1) is 24.8 Å². The molecule has 0 aliphatic rings. The van der Waals surface area contributed by atoms with E-state index in [4.69, 9.17) is 9.15 Å². The maximum absolute atomic E-state index is 10.7. The summed E-state index contributed by atoms with van der Waals surface area (Å²) in [6.45, 7) is 0.508. The van der Waals surface area contributed by atoms with Crippen LogP contribution in [0, 0.1) is 10.1 Å².